The highest BCUT2D eigenvalue weighted by atomic mass is 16.5. The number of rotatable bonds is 4. The van der Waals surface area contributed by atoms with Crippen molar-refractivity contribution in [3.8, 4) is 22.9 Å². The number of ether oxygens (including phenoxy) is 1. The predicted octanol–water partition coefficient (Wildman–Crippen LogP) is 2.76. The minimum Gasteiger partial charge on any atom is -0.508 e. The first-order valence-corrected chi connectivity index (χ1v) is 6.66. The Bertz CT molecular complexity index is 760. The summed E-state index contributed by atoms with van der Waals surface area (Å²) in [6.07, 6.45) is 0. The van der Waals surface area contributed by atoms with Crippen LogP contribution in [0.25, 0.3) is 22.4 Å². The number of imidazole rings is 1. The average molecular weight is 284 g/mol. The second-order valence-electron chi connectivity index (χ2n) is 4.81. The number of aromatic hydroxyl groups is 2. The average Bonchev–Trinajstić information content (AvgIpc) is 2.83. The van der Waals surface area contributed by atoms with Gasteiger partial charge in [0.1, 0.15) is 17.3 Å². The molecule has 0 saturated carbocycles. The summed E-state index contributed by atoms with van der Waals surface area (Å²) >= 11 is 0. The number of phenolic OH excluding ortho intramolecular Hbond substituents is 2. The standard InChI is InChI=1S/C16H16N2O3/c1-21-7-6-18-15-5-3-2-4-14(15)17-16(18)11-8-12(19)10-13(20)9-11/h2-5,8-10,19-20H,6-7H2,1H3. The molecule has 0 radical (unpaired) electrons. The molecule has 2 N–H and O–H groups in total. The maximum absolute atomic E-state index is 9.68. The van der Waals surface area contributed by atoms with Gasteiger partial charge in [0.15, 0.2) is 0 Å². The molecule has 0 amide bonds. The Kier molecular flexibility index (Phi) is 3.50. The molecule has 108 valence electrons. The summed E-state index contributed by atoms with van der Waals surface area (Å²) in [6, 6.07) is 12.3. The van der Waals surface area contributed by atoms with Crippen molar-refractivity contribution in [1.82, 2.24) is 9.55 Å². The van der Waals surface area contributed by atoms with Crippen LogP contribution in [0.2, 0.25) is 0 Å². The van der Waals surface area contributed by atoms with Crippen LogP contribution in [0.15, 0.2) is 42.5 Å². The van der Waals surface area contributed by atoms with Crippen molar-refractivity contribution in [2.24, 2.45) is 0 Å². The number of nitrogens with zero attached hydrogens (tertiary/aromatic N) is 2. The monoisotopic (exact) mass is 284 g/mol. The Hall–Kier alpha value is -2.53. The SMILES string of the molecule is COCCn1c(-c2cc(O)cc(O)c2)nc2ccccc21. The third-order valence-electron chi connectivity index (χ3n) is 3.33. The Morgan fingerprint density at radius 2 is 1.81 bits per heavy atom. The molecule has 0 aliphatic heterocycles. The molecule has 1 heterocycles. The molecule has 0 unspecified atom stereocenters. The molecule has 0 bridgehead atoms. The summed E-state index contributed by atoms with van der Waals surface area (Å²) in [7, 11) is 1.65. The summed E-state index contributed by atoms with van der Waals surface area (Å²) in [5.74, 6) is 0.713. The van der Waals surface area contributed by atoms with E-state index >= 15 is 0 Å². The van der Waals surface area contributed by atoms with Gasteiger partial charge >= 0.3 is 0 Å². The van der Waals surface area contributed by atoms with Gasteiger partial charge in [-0.25, -0.2) is 4.98 Å². The molecule has 0 aliphatic rings. The number of methoxy groups -OCH3 is 1. The van der Waals surface area contributed by atoms with Crippen LogP contribution in [0.5, 0.6) is 11.5 Å². The van der Waals surface area contributed by atoms with E-state index in [0.717, 1.165) is 11.0 Å². The summed E-state index contributed by atoms with van der Waals surface area (Å²) in [6.45, 7) is 1.20. The van der Waals surface area contributed by atoms with E-state index in [1.807, 2.05) is 28.8 Å². The number of benzene rings is 2. The fourth-order valence-corrected chi connectivity index (χ4v) is 2.43. The molecule has 5 heteroatoms. The lowest BCUT2D eigenvalue weighted by Crippen LogP contribution is -2.05. The van der Waals surface area contributed by atoms with Gasteiger partial charge in [0, 0.05) is 25.3 Å². The third-order valence-corrected chi connectivity index (χ3v) is 3.33. The normalized spacial score (nSPS) is 11.1. The zero-order valence-electron chi connectivity index (χ0n) is 11.7. The molecule has 3 aromatic rings. The van der Waals surface area contributed by atoms with Gasteiger partial charge in [-0.2, -0.15) is 0 Å². The van der Waals surface area contributed by atoms with E-state index < -0.39 is 0 Å². The molecule has 0 spiro atoms. The van der Waals surface area contributed by atoms with E-state index in [2.05, 4.69) is 4.98 Å². The molecule has 1 aromatic heterocycles. The van der Waals surface area contributed by atoms with Crippen LogP contribution >= 0.6 is 0 Å². The van der Waals surface area contributed by atoms with Gasteiger partial charge in [-0.3, -0.25) is 0 Å². The van der Waals surface area contributed by atoms with Crippen molar-refractivity contribution in [3.05, 3.63) is 42.5 Å². The smallest absolute Gasteiger partial charge is 0.141 e. The van der Waals surface area contributed by atoms with Crippen molar-refractivity contribution in [3.63, 3.8) is 0 Å². The van der Waals surface area contributed by atoms with E-state index in [9.17, 15) is 10.2 Å². The van der Waals surface area contributed by atoms with Crippen molar-refractivity contribution >= 4 is 11.0 Å². The second-order valence-corrected chi connectivity index (χ2v) is 4.81. The van der Waals surface area contributed by atoms with Crippen LogP contribution in [-0.4, -0.2) is 33.5 Å². The number of fused-ring (bicyclic) bond motifs is 1. The Morgan fingerprint density at radius 1 is 1.10 bits per heavy atom. The highest BCUT2D eigenvalue weighted by Crippen LogP contribution is 2.30. The van der Waals surface area contributed by atoms with Crippen LogP contribution in [-0.2, 0) is 11.3 Å². The van der Waals surface area contributed by atoms with Crippen LogP contribution in [0.1, 0.15) is 0 Å². The van der Waals surface area contributed by atoms with Crippen molar-refractivity contribution in [2.75, 3.05) is 13.7 Å². The van der Waals surface area contributed by atoms with Crippen molar-refractivity contribution in [2.45, 2.75) is 6.54 Å². The Labute approximate surface area is 122 Å². The van der Waals surface area contributed by atoms with Gasteiger partial charge in [0.05, 0.1) is 17.6 Å². The number of hydrogen-bond acceptors (Lipinski definition) is 4. The second kappa shape index (κ2) is 5.46. The third kappa shape index (κ3) is 2.55. The summed E-state index contributed by atoms with van der Waals surface area (Å²) in [4.78, 5) is 4.60. The topological polar surface area (TPSA) is 67.5 Å². The van der Waals surface area contributed by atoms with Gasteiger partial charge in [-0.05, 0) is 24.3 Å². The molecule has 0 atom stereocenters. The van der Waals surface area contributed by atoms with E-state index in [0.29, 0.717) is 24.5 Å². The first kappa shape index (κ1) is 13.5. The zero-order chi connectivity index (χ0) is 14.8. The molecular formula is C16H16N2O3. The minimum absolute atomic E-state index is 0.00958. The van der Waals surface area contributed by atoms with E-state index in [-0.39, 0.29) is 11.5 Å². The first-order chi connectivity index (χ1) is 10.2. The molecule has 21 heavy (non-hydrogen) atoms. The number of para-hydroxylation sites is 2. The first-order valence-electron chi connectivity index (χ1n) is 6.66. The molecule has 2 aromatic carbocycles. The highest BCUT2D eigenvalue weighted by Gasteiger charge is 2.13. The maximum atomic E-state index is 9.68. The molecule has 5 nitrogen and oxygen atoms in total. The molecule has 0 fully saturated rings. The summed E-state index contributed by atoms with van der Waals surface area (Å²) < 4.78 is 7.18. The quantitative estimate of drug-likeness (QED) is 0.773. The lowest BCUT2D eigenvalue weighted by molar-refractivity contribution is 0.188. The van der Waals surface area contributed by atoms with Crippen LogP contribution in [0, 0.1) is 0 Å². The number of hydrogen-bond donors (Lipinski definition) is 2. The zero-order valence-corrected chi connectivity index (χ0v) is 11.7. The molecular weight excluding hydrogens is 268 g/mol. The highest BCUT2D eigenvalue weighted by molar-refractivity contribution is 5.81. The van der Waals surface area contributed by atoms with E-state index in [1.165, 1.54) is 6.07 Å². The minimum atomic E-state index is 0.00958. The lowest BCUT2D eigenvalue weighted by atomic mass is 10.2. The lowest BCUT2D eigenvalue weighted by Gasteiger charge is -2.09. The summed E-state index contributed by atoms with van der Waals surface area (Å²) in [5, 5.41) is 19.4. The van der Waals surface area contributed by atoms with Crippen molar-refractivity contribution < 1.29 is 14.9 Å². The van der Waals surface area contributed by atoms with Crippen LogP contribution < -0.4 is 0 Å². The van der Waals surface area contributed by atoms with E-state index in [1.54, 1.807) is 19.2 Å². The molecule has 0 aliphatic carbocycles. The summed E-state index contributed by atoms with van der Waals surface area (Å²) in [5.41, 5.74) is 2.53. The fourth-order valence-electron chi connectivity index (χ4n) is 2.43. The van der Waals surface area contributed by atoms with Crippen LogP contribution in [0.3, 0.4) is 0 Å². The fraction of sp³-hybridized carbons (Fsp3) is 0.188. The van der Waals surface area contributed by atoms with Crippen molar-refractivity contribution in [1.29, 1.82) is 0 Å². The van der Waals surface area contributed by atoms with Crippen LogP contribution in [0.4, 0.5) is 0 Å². The van der Waals surface area contributed by atoms with Gasteiger partial charge < -0.3 is 19.5 Å². The van der Waals surface area contributed by atoms with Gasteiger partial charge in [0.25, 0.3) is 0 Å². The van der Waals surface area contributed by atoms with Gasteiger partial charge in [-0.15, -0.1) is 0 Å². The maximum Gasteiger partial charge on any atom is 0.141 e. The number of aromatic nitrogens is 2. The predicted molar refractivity (Wildman–Crippen MR) is 80.4 cm³/mol. The Morgan fingerprint density at radius 3 is 2.52 bits per heavy atom. The number of phenols is 2. The van der Waals surface area contributed by atoms with E-state index in [4.69, 9.17) is 4.74 Å². The van der Waals surface area contributed by atoms with Gasteiger partial charge in [0.2, 0.25) is 0 Å². The molecule has 3 rings (SSSR count). The largest absolute Gasteiger partial charge is 0.508 e. The molecule has 0 saturated heterocycles. The van der Waals surface area contributed by atoms with Gasteiger partial charge in [-0.1, -0.05) is 12.1 Å². The Balaban J connectivity index is 2.20.